The minimum absolute atomic E-state index is 0.154. The second-order valence-electron chi connectivity index (χ2n) is 6.66. The van der Waals surface area contributed by atoms with Gasteiger partial charge in [-0.05, 0) is 47.6 Å². The Balaban J connectivity index is 1.75. The molecule has 0 radical (unpaired) electrons. The van der Waals surface area contributed by atoms with Crippen molar-refractivity contribution in [1.29, 1.82) is 0 Å². The Hall–Kier alpha value is -2.52. The number of hydrogen-bond acceptors (Lipinski definition) is 4. The fraction of sp³-hybridized carbons (Fsp3) is 0.368. The summed E-state index contributed by atoms with van der Waals surface area (Å²) < 4.78 is 11.4. The van der Waals surface area contributed by atoms with Crippen LogP contribution in [-0.2, 0) is 11.3 Å². The molecule has 1 N–H and O–H groups in total. The third-order valence-electron chi connectivity index (χ3n) is 4.24. The van der Waals surface area contributed by atoms with Crippen LogP contribution in [0.3, 0.4) is 0 Å². The highest BCUT2D eigenvalue weighted by Crippen LogP contribution is 2.29. The summed E-state index contributed by atoms with van der Waals surface area (Å²) in [6.45, 7) is 15.0. The van der Waals surface area contributed by atoms with Crippen molar-refractivity contribution in [1.82, 2.24) is 4.98 Å². The van der Waals surface area contributed by atoms with E-state index in [9.17, 15) is 0 Å². The molecule has 1 aliphatic rings. The minimum Gasteiger partial charge on any atom is -0.486 e. The van der Waals surface area contributed by atoms with Crippen LogP contribution in [0, 0.1) is 12.5 Å². The van der Waals surface area contributed by atoms with Crippen LogP contribution in [0.5, 0.6) is 5.88 Å². The molecular formula is C19H22BN3O2. The lowest BCUT2D eigenvalue weighted by atomic mass is 9.64. The van der Waals surface area contributed by atoms with E-state index in [1.54, 1.807) is 12.1 Å². The SMILES string of the molecule is [C-]#[N+]c1ccc(Nc2ccc3c(c2)COB3C)nc1OCCC(C)C. The molecule has 0 saturated carbocycles. The van der Waals surface area contributed by atoms with E-state index < -0.39 is 0 Å². The topological polar surface area (TPSA) is 47.7 Å². The minimum atomic E-state index is 0.154. The number of rotatable bonds is 6. The van der Waals surface area contributed by atoms with Crippen molar-refractivity contribution in [3.05, 3.63) is 47.3 Å². The molecule has 0 amide bonds. The first kappa shape index (κ1) is 17.3. The molecule has 1 aromatic carbocycles. The number of anilines is 2. The van der Waals surface area contributed by atoms with Crippen LogP contribution in [0.15, 0.2) is 30.3 Å². The molecule has 25 heavy (non-hydrogen) atoms. The molecule has 0 fully saturated rings. The first-order chi connectivity index (χ1) is 12.1. The summed E-state index contributed by atoms with van der Waals surface area (Å²) in [5.74, 6) is 1.60. The number of fused-ring (bicyclic) bond motifs is 1. The molecule has 3 rings (SSSR count). The normalized spacial score (nSPS) is 12.8. The van der Waals surface area contributed by atoms with Gasteiger partial charge in [-0.15, -0.1) is 0 Å². The maximum Gasteiger partial charge on any atom is 0.324 e. The van der Waals surface area contributed by atoms with Crippen LogP contribution in [0.1, 0.15) is 25.8 Å². The van der Waals surface area contributed by atoms with E-state index in [1.165, 1.54) is 11.0 Å². The maximum absolute atomic E-state index is 7.27. The molecule has 2 aromatic rings. The van der Waals surface area contributed by atoms with E-state index in [4.69, 9.17) is 16.0 Å². The molecule has 0 saturated heterocycles. The van der Waals surface area contributed by atoms with Gasteiger partial charge in [-0.1, -0.05) is 26.7 Å². The quantitative estimate of drug-likeness (QED) is 0.636. The van der Waals surface area contributed by atoms with Crippen molar-refractivity contribution in [3.63, 3.8) is 0 Å². The lowest BCUT2D eigenvalue weighted by molar-refractivity contribution is 0.281. The predicted molar refractivity (Wildman–Crippen MR) is 101 cm³/mol. The van der Waals surface area contributed by atoms with Crippen molar-refractivity contribution in [2.24, 2.45) is 5.92 Å². The molecule has 1 aliphatic heterocycles. The van der Waals surface area contributed by atoms with Crippen LogP contribution < -0.4 is 15.5 Å². The molecule has 0 atom stereocenters. The van der Waals surface area contributed by atoms with Crippen LogP contribution in [0.4, 0.5) is 17.2 Å². The summed E-state index contributed by atoms with van der Waals surface area (Å²) in [5, 5.41) is 3.29. The summed E-state index contributed by atoms with van der Waals surface area (Å²) >= 11 is 0. The lowest BCUT2D eigenvalue weighted by Crippen LogP contribution is -2.23. The Morgan fingerprint density at radius 2 is 2.20 bits per heavy atom. The standard InChI is InChI=1S/C19H22BN3O2/c1-13(2)9-10-24-19-17(21-4)7-8-18(23-19)22-15-5-6-16-14(11-15)12-25-20(16)3/h5-8,11,13H,9-10,12H2,1-3H3,(H,22,23). The Kier molecular flexibility index (Phi) is 5.25. The molecule has 0 aliphatic carbocycles. The fourth-order valence-electron chi connectivity index (χ4n) is 2.74. The van der Waals surface area contributed by atoms with Gasteiger partial charge >= 0.3 is 6.92 Å². The van der Waals surface area contributed by atoms with E-state index >= 15 is 0 Å². The second-order valence-corrected chi connectivity index (χ2v) is 6.66. The number of nitrogens with one attached hydrogen (secondary N) is 1. The number of ether oxygens (including phenoxy) is 1. The summed E-state index contributed by atoms with van der Waals surface area (Å²) in [6.07, 6.45) is 0.930. The Labute approximate surface area is 149 Å². The van der Waals surface area contributed by atoms with Gasteiger partial charge in [0.25, 0.3) is 0 Å². The highest BCUT2D eigenvalue weighted by molar-refractivity contribution is 6.67. The Morgan fingerprint density at radius 1 is 1.36 bits per heavy atom. The van der Waals surface area contributed by atoms with Crippen molar-refractivity contribution >= 4 is 29.6 Å². The number of hydrogen-bond donors (Lipinski definition) is 1. The Bertz CT molecular complexity index is 802. The lowest BCUT2D eigenvalue weighted by Gasteiger charge is -2.12. The molecule has 0 unspecified atom stereocenters. The van der Waals surface area contributed by atoms with E-state index in [1.807, 2.05) is 6.07 Å². The number of benzene rings is 1. The van der Waals surface area contributed by atoms with Crippen molar-refractivity contribution in [2.45, 2.75) is 33.7 Å². The summed E-state index contributed by atoms with van der Waals surface area (Å²) in [6, 6.07) is 9.74. The van der Waals surface area contributed by atoms with Crippen molar-refractivity contribution in [3.8, 4) is 5.88 Å². The first-order valence-corrected chi connectivity index (χ1v) is 8.59. The van der Waals surface area contributed by atoms with Crippen LogP contribution >= 0.6 is 0 Å². The van der Waals surface area contributed by atoms with Gasteiger partial charge in [0, 0.05) is 5.69 Å². The first-order valence-electron chi connectivity index (χ1n) is 8.59. The zero-order chi connectivity index (χ0) is 17.8. The number of nitrogens with zero attached hydrogens (tertiary/aromatic N) is 2. The zero-order valence-electron chi connectivity index (χ0n) is 14.9. The number of aromatic nitrogens is 1. The van der Waals surface area contributed by atoms with E-state index in [-0.39, 0.29) is 6.92 Å². The van der Waals surface area contributed by atoms with Gasteiger partial charge in [0.1, 0.15) is 5.82 Å². The average molecular weight is 335 g/mol. The summed E-state index contributed by atoms with van der Waals surface area (Å²) in [4.78, 5) is 7.96. The van der Waals surface area contributed by atoms with Gasteiger partial charge in [-0.25, -0.2) is 9.83 Å². The molecule has 128 valence electrons. The molecule has 5 nitrogen and oxygen atoms in total. The average Bonchev–Trinajstić information content (AvgIpc) is 2.95. The number of pyridine rings is 1. The van der Waals surface area contributed by atoms with Gasteiger partial charge in [0.2, 0.25) is 11.6 Å². The van der Waals surface area contributed by atoms with E-state index in [2.05, 4.69) is 47.9 Å². The van der Waals surface area contributed by atoms with Gasteiger partial charge in [0.05, 0.1) is 19.8 Å². The smallest absolute Gasteiger partial charge is 0.324 e. The fourth-order valence-corrected chi connectivity index (χ4v) is 2.74. The van der Waals surface area contributed by atoms with Gasteiger partial charge < -0.3 is 14.7 Å². The molecule has 6 heteroatoms. The van der Waals surface area contributed by atoms with Crippen molar-refractivity contribution in [2.75, 3.05) is 11.9 Å². The van der Waals surface area contributed by atoms with Gasteiger partial charge in [0.15, 0.2) is 0 Å². The Morgan fingerprint density at radius 3 is 2.96 bits per heavy atom. The predicted octanol–water partition coefficient (Wildman–Crippen LogP) is 4.16. The van der Waals surface area contributed by atoms with E-state index in [0.29, 0.717) is 36.5 Å². The van der Waals surface area contributed by atoms with Crippen LogP contribution in [0.25, 0.3) is 4.85 Å². The summed E-state index contributed by atoms with van der Waals surface area (Å²) in [7, 11) is 0. The molecular weight excluding hydrogens is 313 g/mol. The molecule has 1 aromatic heterocycles. The van der Waals surface area contributed by atoms with Crippen LogP contribution in [-0.4, -0.2) is 18.5 Å². The highest BCUT2D eigenvalue weighted by Gasteiger charge is 2.23. The largest absolute Gasteiger partial charge is 0.486 e. The molecule has 2 heterocycles. The van der Waals surface area contributed by atoms with Gasteiger partial charge in [-0.2, -0.15) is 0 Å². The van der Waals surface area contributed by atoms with Gasteiger partial charge in [-0.3, -0.25) is 0 Å². The molecule has 0 bridgehead atoms. The monoisotopic (exact) mass is 335 g/mol. The summed E-state index contributed by atoms with van der Waals surface area (Å²) in [5.41, 5.74) is 3.82. The third-order valence-corrected chi connectivity index (χ3v) is 4.24. The van der Waals surface area contributed by atoms with E-state index in [0.717, 1.165) is 12.1 Å². The highest BCUT2D eigenvalue weighted by atomic mass is 16.5. The third kappa shape index (κ3) is 4.12. The van der Waals surface area contributed by atoms with Crippen LogP contribution in [0.2, 0.25) is 6.82 Å². The molecule has 0 spiro atoms. The maximum atomic E-state index is 7.27. The van der Waals surface area contributed by atoms with Crippen molar-refractivity contribution < 1.29 is 9.39 Å². The zero-order valence-corrected chi connectivity index (χ0v) is 14.9. The second kappa shape index (κ2) is 7.58.